The van der Waals surface area contributed by atoms with Crippen LogP contribution in [0.1, 0.15) is 48.8 Å². The Morgan fingerprint density at radius 3 is 2.68 bits per heavy atom. The van der Waals surface area contributed by atoms with Crippen LogP contribution in [0.5, 0.6) is 5.75 Å². The lowest BCUT2D eigenvalue weighted by atomic mass is 9.52. The number of piperidine rings is 1. The van der Waals surface area contributed by atoms with Gasteiger partial charge in [-0.1, -0.05) is 6.07 Å². The van der Waals surface area contributed by atoms with Crippen LogP contribution in [0.15, 0.2) is 30.6 Å². The van der Waals surface area contributed by atoms with Gasteiger partial charge in [0, 0.05) is 30.7 Å². The van der Waals surface area contributed by atoms with Crippen molar-refractivity contribution in [1.29, 1.82) is 0 Å². The van der Waals surface area contributed by atoms with Gasteiger partial charge in [-0.05, 0) is 93.3 Å². The Balaban J connectivity index is 1.34. The third kappa shape index (κ3) is 3.60. The number of fused-ring (bicyclic) bond motifs is 1. The van der Waals surface area contributed by atoms with Gasteiger partial charge >= 0.3 is 0 Å². The summed E-state index contributed by atoms with van der Waals surface area (Å²) in [5.74, 6) is 1.08. The molecule has 2 aromatic rings. The summed E-state index contributed by atoms with van der Waals surface area (Å²) in [6.07, 6.45) is 9.79. The van der Waals surface area contributed by atoms with E-state index >= 15 is 0 Å². The maximum Gasteiger partial charge on any atom is 0.115 e. The van der Waals surface area contributed by atoms with Crippen molar-refractivity contribution in [3.05, 3.63) is 47.3 Å². The highest BCUT2D eigenvalue weighted by atomic mass is 16.3. The van der Waals surface area contributed by atoms with Crippen molar-refractivity contribution in [3.8, 4) is 5.75 Å². The topological polar surface area (TPSA) is 85.0 Å². The maximum absolute atomic E-state index is 12.6. The summed E-state index contributed by atoms with van der Waals surface area (Å²) >= 11 is 0. The molecule has 2 bridgehead atoms. The molecule has 3 unspecified atom stereocenters. The van der Waals surface area contributed by atoms with Gasteiger partial charge in [0.1, 0.15) is 5.75 Å². The van der Waals surface area contributed by atoms with E-state index in [-0.39, 0.29) is 29.9 Å². The van der Waals surface area contributed by atoms with Crippen LogP contribution in [0.4, 0.5) is 0 Å². The SMILES string of the molecule is Cc1cnn(C[C@H](CO)N2CCC34CCN(CC5CC5)C(Cc5ccc(O)cc53)C4(O)CC2)c1. The van der Waals surface area contributed by atoms with Crippen LogP contribution < -0.4 is 0 Å². The van der Waals surface area contributed by atoms with Crippen molar-refractivity contribution < 1.29 is 15.3 Å². The highest BCUT2D eigenvalue weighted by Gasteiger charge is 2.63. The van der Waals surface area contributed by atoms with E-state index in [9.17, 15) is 15.3 Å². The standard InChI is InChI=1S/C27H38N4O3/c1-19-14-28-31(15-19)17-22(18-32)29-9-6-26-7-10-30(16-20-2-3-20)25(27(26,34)8-11-29)12-21-4-5-23(33)13-24(21)26/h4-5,13-15,20,22,25,32-34H,2-3,6-12,16-18H2,1H3/t22-,25?,26?,27?/m1/s1. The monoisotopic (exact) mass is 466 g/mol. The minimum Gasteiger partial charge on any atom is -0.508 e. The molecule has 6 rings (SSSR count). The molecule has 2 saturated heterocycles. The van der Waals surface area contributed by atoms with E-state index in [2.05, 4.69) is 21.0 Å². The van der Waals surface area contributed by atoms with Crippen molar-refractivity contribution >= 4 is 0 Å². The van der Waals surface area contributed by atoms with Gasteiger partial charge in [-0.25, -0.2) is 0 Å². The fourth-order valence-corrected chi connectivity index (χ4v) is 7.32. The van der Waals surface area contributed by atoms with Crippen LogP contribution in [-0.2, 0) is 18.4 Å². The first-order valence-electron chi connectivity index (χ1n) is 13.0. The van der Waals surface area contributed by atoms with Crippen molar-refractivity contribution in [2.24, 2.45) is 5.92 Å². The summed E-state index contributed by atoms with van der Waals surface area (Å²) in [7, 11) is 0. The zero-order chi connectivity index (χ0) is 23.5. The Bertz CT molecular complexity index is 1050. The highest BCUT2D eigenvalue weighted by Crippen LogP contribution is 2.56. The van der Waals surface area contributed by atoms with Crippen LogP contribution >= 0.6 is 0 Å². The van der Waals surface area contributed by atoms with Gasteiger partial charge in [0.2, 0.25) is 0 Å². The molecule has 1 aromatic heterocycles. The molecule has 1 saturated carbocycles. The molecule has 2 aliphatic heterocycles. The largest absolute Gasteiger partial charge is 0.508 e. The zero-order valence-corrected chi connectivity index (χ0v) is 20.2. The first-order chi connectivity index (χ1) is 16.4. The van der Waals surface area contributed by atoms with E-state index < -0.39 is 5.60 Å². The molecule has 3 N–H and O–H groups in total. The summed E-state index contributed by atoms with van der Waals surface area (Å²) in [6, 6.07) is 5.89. The Labute approximate surface area is 202 Å². The third-order valence-electron chi connectivity index (χ3n) is 9.35. The first kappa shape index (κ1) is 22.5. The average Bonchev–Trinajstić information content (AvgIpc) is 3.57. The summed E-state index contributed by atoms with van der Waals surface area (Å²) in [5.41, 5.74) is 2.36. The molecule has 0 amide bonds. The highest BCUT2D eigenvalue weighted by molar-refractivity contribution is 5.48. The number of phenolic OH excluding ortho intramolecular Hbond substituents is 1. The van der Waals surface area contributed by atoms with Gasteiger partial charge < -0.3 is 15.3 Å². The quantitative estimate of drug-likeness (QED) is 0.604. The third-order valence-corrected chi connectivity index (χ3v) is 9.35. The Kier molecular flexibility index (Phi) is 5.52. The number of aryl methyl sites for hydroxylation is 1. The number of aromatic nitrogens is 2. The van der Waals surface area contributed by atoms with Crippen molar-refractivity contribution in [2.45, 2.75) is 75.1 Å². The lowest BCUT2D eigenvalue weighted by molar-refractivity contribution is -0.149. The van der Waals surface area contributed by atoms with Crippen LogP contribution in [0.25, 0.3) is 0 Å². The maximum atomic E-state index is 12.6. The number of likely N-dealkylation sites (tertiary alicyclic amines) is 2. The zero-order valence-electron chi connectivity index (χ0n) is 20.2. The number of hydrogen-bond donors (Lipinski definition) is 3. The number of benzene rings is 1. The molecular formula is C27H38N4O3. The number of aromatic hydroxyl groups is 1. The predicted octanol–water partition coefficient (Wildman–Crippen LogP) is 2.06. The second-order valence-corrected chi connectivity index (χ2v) is 11.4. The minimum absolute atomic E-state index is 0.0366. The number of rotatable bonds is 6. The van der Waals surface area contributed by atoms with E-state index in [0.29, 0.717) is 13.0 Å². The molecule has 4 aliphatic rings. The fourth-order valence-electron chi connectivity index (χ4n) is 7.32. The van der Waals surface area contributed by atoms with Gasteiger partial charge in [0.25, 0.3) is 0 Å². The molecule has 7 nitrogen and oxygen atoms in total. The van der Waals surface area contributed by atoms with Crippen molar-refractivity contribution in [2.75, 3.05) is 32.8 Å². The lowest BCUT2D eigenvalue weighted by Gasteiger charge is -2.61. The molecule has 3 fully saturated rings. The average molecular weight is 467 g/mol. The molecular weight excluding hydrogens is 428 g/mol. The Hall–Kier alpha value is -1.93. The summed E-state index contributed by atoms with van der Waals surface area (Å²) < 4.78 is 1.92. The number of phenols is 1. The number of nitrogens with zero attached hydrogens (tertiary/aromatic N) is 4. The molecule has 3 heterocycles. The summed E-state index contributed by atoms with van der Waals surface area (Å²) in [4.78, 5) is 4.95. The first-order valence-corrected chi connectivity index (χ1v) is 13.0. The molecule has 2 aliphatic carbocycles. The Morgan fingerprint density at radius 1 is 1.15 bits per heavy atom. The summed E-state index contributed by atoms with van der Waals surface area (Å²) in [6.45, 7) is 6.42. The van der Waals surface area contributed by atoms with Gasteiger partial charge in [-0.2, -0.15) is 5.10 Å². The van der Waals surface area contributed by atoms with E-state index in [1.165, 1.54) is 18.4 Å². The minimum atomic E-state index is -0.835. The Morgan fingerprint density at radius 2 is 1.94 bits per heavy atom. The van der Waals surface area contributed by atoms with Gasteiger partial charge in [0.05, 0.1) is 31.0 Å². The molecule has 184 valence electrons. The van der Waals surface area contributed by atoms with Crippen molar-refractivity contribution in [3.63, 3.8) is 0 Å². The second kappa shape index (κ2) is 8.33. The van der Waals surface area contributed by atoms with Crippen LogP contribution in [0.3, 0.4) is 0 Å². The van der Waals surface area contributed by atoms with E-state index in [4.69, 9.17) is 0 Å². The molecule has 34 heavy (non-hydrogen) atoms. The van der Waals surface area contributed by atoms with Gasteiger partial charge in [-0.15, -0.1) is 0 Å². The van der Waals surface area contributed by atoms with E-state index in [0.717, 1.165) is 62.5 Å². The van der Waals surface area contributed by atoms with E-state index in [1.807, 2.05) is 30.1 Å². The van der Waals surface area contributed by atoms with E-state index in [1.54, 1.807) is 6.07 Å². The molecule has 4 atom stereocenters. The van der Waals surface area contributed by atoms with Gasteiger partial charge in [0.15, 0.2) is 0 Å². The smallest absolute Gasteiger partial charge is 0.115 e. The van der Waals surface area contributed by atoms with Crippen LogP contribution in [0.2, 0.25) is 0 Å². The molecule has 0 spiro atoms. The van der Waals surface area contributed by atoms with Crippen LogP contribution in [0, 0.1) is 12.8 Å². The summed E-state index contributed by atoms with van der Waals surface area (Å²) in [5, 5.41) is 37.8. The molecule has 0 radical (unpaired) electrons. The fraction of sp³-hybridized carbons (Fsp3) is 0.667. The second-order valence-electron chi connectivity index (χ2n) is 11.4. The normalized spacial score (nSPS) is 32.6. The number of aliphatic hydroxyl groups excluding tert-OH is 1. The van der Waals surface area contributed by atoms with Crippen molar-refractivity contribution in [1.82, 2.24) is 19.6 Å². The number of aliphatic hydroxyl groups is 2. The molecule has 7 heteroatoms. The molecule has 1 aromatic carbocycles. The predicted molar refractivity (Wildman–Crippen MR) is 130 cm³/mol. The lowest BCUT2D eigenvalue weighted by Crippen LogP contribution is -2.71. The van der Waals surface area contributed by atoms with Gasteiger partial charge in [-0.3, -0.25) is 14.5 Å². The number of hydrogen-bond acceptors (Lipinski definition) is 6. The van der Waals surface area contributed by atoms with Crippen LogP contribution in [-0.4, -0.2) is 85.4 Å².